The zero-order valence-corrected chi connectivity index (χ0v) is 10.2. The average molecular weight is 238 g/mol. The quantitative estimate of drug-likeness (QED) is 0.858. The first-order valence-corrected chi connectivity index (χ1v) is 6.07. The van der Waals surface area contributed by atoms with E-state index >= 15 is 0 Å². The van der Waals surface area contributed by atoms with Gasteiger partial charge in [-0.3, -0.25) is 0 Å². The second kappa shape index (κ2) is 5.98. The second-order valence-corrected chi connectivity index (χ2v) is 4.23. The van der Waals surface area contributed by atoms with Crippen molar-refractivity contribution in [1.29, 1.82) is 0 Å². The van der Waals surface area contributed by atoms with E-state index in [0.29, 0.717) is 0 Å². The van der Waals surface area contributed by atoms with Gasteiger partial charge >= 0.3 is 0 Å². The first-order valence-electron chi connectivity index (χ1n) is 6.07. The van der Waals surface area contributed by atoms with Gasteiger partial charge in [0.1, 0.15) is 5.82 Å². The van der Waals surface area contributed by atoms with Gasteiger partial charge in [0.05, 0.1) is 13.2 Å². The molecule has 0 spiro atoms. The number of rotatable bonds is 4. The molecule has 3 nitrogen and oxygen atoms in total. The van der Waals surface area contributed by atoms with Crippen molar-refractivity contribution in [1.82, 2.24) is 5.32 Å². The zero-order valence-electron chi connectivity index (χ0n) is 10.2. The molecule has 0 saturated carbocycles. The molecule has 94 valence electrons. The van der Waals surface area contributed by atoms with E-state index in [1.807, 2.05) is 13.1 Å². The molecule has 2 rings (SSSR count). The first kappa shape index (κ1) is 12.3. The van der Waals surface area contributed by atoms with Crippen LogP contribution in [0.1, 0.15) is 5.56 Å². The van der Waals surface area contributed by atoms with Crippen LogP contribution in [0.5, 0.6) is 0 Å². The molecule has 1 saturated heterocycles. The van der Waals surface area contributed by atoms with E-state index in [9.17, 15) is 4.39 Å². The minimum Gasteiger partial charge on any atom is -0.378 e. The molecule has 0 amide bonds. The van der Waals surface area contributed by atoms with E-state index in [2.05, 4.69) is 10.2 Å². The van der Waals surface area contributed by atoms with Crippen LogP contribution >= 0.6 is 0 Å². The summed E-state index contributed by atoms with van der Waals surface area (Å²) in [5.41, 5.74) is 2.21. The molecule has 0 radical (unpaired) electrons. The number of nitrogens with zero attached hydrogens (tertiary/aromatic N) is 1. The summed E-state index contributed by atoms with van der Waals surface area (Å²) in [6.07, 6.45) is 0.848. The predicted molar refractivity (Wildman–Crippen MR) is 67.1 cm³/mol. The number of nitrogens with one attached hydrogen (secondary N) is 1. The topological polar surface area (TPSA) is 24.5 Å². The third-order valence-electron chi connectivity index (χ3n) is 3.04. The summed E-state index contributed by atoms with van der Waals surface area (Å²) >= 11 is 0. The highest BCUT2D eigenvalue weighted by molar-refractivity contribution is 5.54. The summed E-state index contributed by atoms with van der Waals surface area (Å²) < 4.78 is 18.6. The molecule has 4 heteroatoms. The fourth-order valence-electron chi connectivity index (χ4n) is 2.13. The highest BCUT2D eigenvalue weighted by Crippen LogP contribution is 2.23. The lowest BCUT2D eigenvalue weighted by Gasteiger charge is -2.30. The Labute approximate surface area is 102 Å². The maximum absolute atomic E-state index is 13.3. The molecule has 1 aromatic rings. The SMILES string of the molecule is CNCCc1cc(F)ccc1N1CCOCC1. The maximum atomic E-state index is 13.3. The summed E-state index contributed by atoms with van der Waals surface area (Å²) in [6, 6.07) is 5.06. The lowest BCUT2D eigenvalue weighted by Crippen LogP contribution is -2.37. The third kappa shape index (κ3) is 3.17. The van der Waals surface area contributed by atoms with Gasteiger partial charge in [0.25, 0.3) is 0 Å². The van der Waals surface area contributed by atoms with E-state index in [1.54, 1.807) is 6.07 Å². The van der Waals surface area contributed by atoms with Crippen LogP contribution in [0.4, 0.5) is 10.1 Å². The van der Waals surface area contributed by atoms with Gasteiger partial charge in [-0.05, 0) is 43.8 Å². The van der Waals surface area contributed by atoms with Crippen LogP contribution < -0.4 is 10.2 Å². The third-order valence-corrected chi connectivity index (χ3v) is 3.04. The second-order valence-electron chi connectivity index (χ2n) is 4.23. The minimum absolute atomic E-state index is 0.159. The molecule has 0 unspecified atom stereocenters. The number of benzene rings is 1. The number of morpholine rings is 1. The van der Waals surface area contributed by atoms with Gasteiger partial charge in [0.15, 0.2) is 0 Å². The number of ether oxygens (including phenoxy) is 1. The molecule has 1 heterocycles. The van der Waals surface area contributed by atoms with Crippen molar-refractivity contribution in [2.45, 2.75) is 6.42 Å². The van der Waals surface area contributed by atoms with E-state index in [-0.39, 0.29) is 5.82 Å². The van der Waals surface area contributed by atoms with Crippen molar-refractivity contribution < 1.29 is 9.13 Å². The summed E-state index contributed by atoms with van der Waals surface area (Å²) in [5, 5.41) is 3.10. The van der Waals surface area contributed by atoms with E-state index < -0.39 is 0 Å². The normalized spacial score (nSPS) is 16.2. The highest BCUT2D eigenvalue weighted by Gasteiger charge is 2.14. The fraction of sp³-hybridized carbons (Fsp3) is 0.538. The van der Waals surface area contributed by atoms with Crippen molar-refractivity contribution in [3.8, 4) is 0 Å². The molecular weight excluding hydrogens is 219 g/mol. The molecule has 1 aliphatic rings. The fourth-order valence-corrected chi connectivity index (χ4v) is 2.13. The van der Waals surface area contributed by atoms with E-state index in [1.165, 1.54) is 6.07 Å². The molecule has 1 N–H and O–H groups in total. The van der Waals surface area contributed by atoms with Gasteiger partial charge in [-0.2, -0.15) is 0 Å². The molecule has 0 aliphatic carbocycles. The maximum Gasteiger partial charge on any atom is 0.123 e. The summed E-state index contributed by atoms with van der Waals surface area (Å²) in [6.45, 7) is 4.14. The number of likely N-dealkylation sites (N-methyl/N-ethyl adjacent to an activating group) is 1. The van der Waals surface area contributed by atoms with Crippen LogP contribution in [0.3, 0.4) is 0 Å². The Bertz CT molecular complexity index is 364. The zero-order chi connectivity index (χ0) is 12.1. The lowest BCUT2D eigenvalue weighted by atomic mass is 10.1. The van der Waals surface area contributed by atoms with E-state index in [4.69, 9.17) is 4.74 Å². The van der Waals surface area contributed by atoms with Gasteiger partial charge in [-0.1, -0.05) is 0 Å². The summed E-state index contributed by atoms with van der Waals surface area (Å²) in [4.78, 5) is 2.27. The highest BCUT2D eigenvalue weighted by atomic mass is 19.1. The van der Waals surface area contributed by atoms with Crippen LogP contribution in [0.15, 0.2) is 18.2 Å². The monoisotopic (exact) mass is 238 g/mol. The number of anilines is 1. The van der Waals surface area contributed by atoms with Gasteiger partial charge in [-0.25, -0.2) is 4.39 Å². The predicted octanol–water partition coefficient (Wildman–Crippen LogP) is 1.42. The summed E-state index contributed by atoms with van der Waals surface area (Å²) in [7, 11) is 1.91. The molecule has 17 heavy (non-hydrogen) atoms. The Hall–Kier alpha value is -1.13. The average Bonchev–Trinajstić information content (AvgIpc) is 2.37. The molecule has 0 aromatic heterocycles. The summed E-state index contributed by atoms with van der Waals surface area (Å²) in [5.74, 6) is -0.159. The van der Waals surface area contributed by atoms with Crippen molar-refractivity contribution in [3.05, 3.63) is 29.6 Å². The van der Waals surface area contributed by atoms with Gasteiger partial charge in [0.2, 0.25) is 0 Å². The van der Waals surface area contributed by atoms with Crippen LogP contribution in [0.25, 0.3) is 0 Å². The Morgan fingerprint density at radius 3 is 2.82 bits per heavy atom. The van der Waals surface area contributed by atoms with Crippen molar-refractivity contribution in [3.63, 3.8) is 0 Å². The Balaban J connectivity index is 2.18. The molecule has 1 fully saturated rings. The van der Waals surface area contributed by atoms with Gasteiger partial charge in [-0.15, -0.1) is 0 Å². The molecular formula is C13H19FN2O. The van der Waals surface area contributed by atoms with Crippen molar-refractivity contribution in [2.75, 3.05) is 44.8 Å². The number of hydrogen-bond donors (Lipinski definition) is 1. The van der Waals surface area contributed by atoms with Crippen LogP contribution in [0.2, 0.25) is 0 Å². The van der Waals surface area contributed by atoms with Crippen LogP contribution in [-0.2, 0) is 11.2 Å². The van der Waals surface area contributed by atoms with Crippen molar-refractivity contribution in [2.24, 2.45) is 0 Å². The Morgan fingerprint density at radius 2 is 2.12 bits per heavy atom. The lowest BCUT2D eigenvalue weighted by molar-refractivity contribution is 0.122. The van der Waals surface area contributed by atoms with Gasteiger partial charge < -0.3 is 15.0 Å². The van der Waals surface area contributed by atoms with Crippen molar-refractivity contribution >= 4 is 5.69 Å². The molecule has 0 bridgehead atoms. The van der Waals surface area contributed by atoms with Crippen LogP contribution in [0, 0.1) is 5.82 Å². The smallest absolute Gasteiger partial charge is 0.123 e. The first-order chi connectivity index (χ1) is 8.31. The molecule has 1 aromatic carbocycles. The number of halogens is 1. The number of hydrogen-bond acceptors (Lipinski definition) is 3. The Morgan fingerprint density at radius 1 is 1.35 bits per heavy atom. The minimum atomic E-state index is -0.159. The van der Waals surface area contributed by atoms with Crippen LogP contribution in [-0.4, -0.2) is 39.9 Å². The standard InChI is InChI=1S/C13H19FN2O/c1-15-5-4-11-10-12(14)2-3-13(11)16-6-8-17-9-7-16/h2-3,10,15H,4-9H2,1H3. The largest absolute Gasteiger partial charge is 0.378 e. The van der Waals surface area contributed by atoms with E-state index in [0.717, 1.165) is 50.5 Å². The Kier molecular flexibility index (Phi) is 4.34. The molecule has 1 aliphatic heterocycles. The molecule has 0 atom stereocenters. The van der Waals surface area contributed by atoms with Gasteiger partial charge in [0, 0.05) is 18.8 Å².